The monoisotopic (exact) mass is 294 g/mol. The number of rotatable bonds is 6. The van der Waals surface area contributed by atoms with E-state index in [-0.39, 0.29) is 17.8 Å². The van der Waals surface area contributed by atoms with E-state index in [0.717, 1.165) is 38.9 Å². The molecule has 0 atom stereocenters. The number of likely N-dealkylation sites (tertiary alicyclic amines) is 1. The second kappa shape index (κ2) is 7.98. The Balaban J connectivity index is 1.72. The normalized spacial score (nSPS) is 16.0. The highest BCUT2D eigenvalue weighted by atomic mass is 19.1. The minimum absolute atomic E-state index is 0.108. The number of benzene rings is 1. The number of ether oxygens (including phenoxy) is 1. The van der Waals surface area contributed by atoms with Gasteiger partial charge in [-0.05, 0) is 44.3 Å². The van der Waals surface area contributed by atoms with Crippen LogP contribution in [-0.4, -0.2) is 43.6 Å². The molecule has 4 nitrogen and oxygen atoms in total. The van der Waals surface area contributed by atoms with Crippen molar-refractivity contribution >= 4 is 5.91 Å². The molecule has 1 aliphatic heterocycles. The molecule has 0 aliphatic carbocycles. The Morgan fingerprint density at radius 3 is 2.62 bits per heavy atom. The third-order valence-corrected chi connectivity index (χ3v) is 3.73. The van der Waals surface area contributed by atoms with Gasteiger partial charge >= 0.3 is 0 Å². The first kappa shape index (κ1) is 15.8. The summed E-state index contributed by atoms with van der Waals surface area (Å²) in [7, 11) is 1.89. The molecule has 0 bridgehead atoms. The average Bonchev–Trinajstić information content (AvgIpc) is 2.50. The Bertz CT molecular complexity index is 442. The summed E-state index contributed by atoms with van der Waals surface area (Å²) in [4.78, 5) is 13.9. The number of amides is 1. The molecule has 0 saturated carbocycles. The predicted molar refractivity (Wildman–Crippen MR) is 79.8 cm³/mol. The zero-order valence-electron chi connectivity index (χ0n) is 12.5. The van der Waals surface area contributed by atoms with Crippen LogP contribution < -0.4 is 10.1 Å². The first-order chi connectivity index (χ1) is 10.2. The molecule has 0 unspecified atom stereocenters. The summed E-state index contributed by atoms with van der Waals surface area (Å²) in [6.45, 7) is 2.35. The van der Waals surface area contributed by atoms with Crippen LogP contribution in [0.4, 0.5) is 4.39 Å². The second-order valence-electron chi connectivity index (χ2n) is 5.36. The molecule has 1 heterocycles. The number of hydrogen-bond donors (Lipinski definition) is 1. The van der Waals surface area contributed by atoms with E-state index in [1.165, 1.54) is 12.1 Å². The first-order valence-electron chi connectivity index (χ1n) is 7.53. The van der Waals surface area contributed by atoms with Crippen molar-refractivity contribution in [1.82, 2.24) is 10.2 Å². The Labute approximate surface area is 125 Å². The highest BCUT2D eigenvalue weighted by Crippen LogP contribution is 2.19. The van der Waals surface area contributed by atoms with Crippen LogP contribution in [0.5, 0.6) is 5.75 Å². The number of piperidine rings is 1. The van der Waals surface area contributed by atoms with E-state index in [9.17, 15) is 9.18 Å². The van der Waals surface area contributed by atoms with Crippen LogP contribution in [0.2, 0.25) is 0 Å². The molecule has 0 aromatic heterocycles. The topological polar surface area (TPSA) is 41.6 Å². The standard InChI is InChI=1S/C16H23FN2O2/c1-18-10-2-3-16(20)19-11-8-15(9-12-19)21-14-6-4-13(17)5-7-14/h4-7,15,18H,2-3,8-12H2,1H3. The van der Waals surface area contributed by atoms with Crippen LogP contribution in [-0.2, 0) is 4.79 Å². The van der Waals surface area contributed by atoms with Crippen LogP contribution in [0.15, 0.2) is 24.3 Å². The van der Waals surface area contributed by atoms with Crippen LogP contribution in [0.25, 0.3) is 0 Å². The van der Waals surface area contributed by atoms with E-state index in [4.69, 9.17) is 4.74 Å². The van der Waals surface area contributed by atoms with Crippen molar-refractivity contribution < 1.29 is 13.9 Å². The summed E-state index contributed by atoms with van der Waals surface area (Å²) >= 11 is 0. The van der Waals surface area contributed by atoms with Gasteiger partial charge < -0.3 is 15.0 Å². The smallest absolute Gasteiger partial charge is 0.222 e. The van der Waals surface area contributed by atoms with Crippen molar-refractivity contribution in [1.29, 1.82) is 0 Å². The van der Waals surface area contributed by atoms with Crippen molar-refractivity contribution in [2.24, 2.45) is 0 Å². The lowest BCUT2D eigenvalue weighted by Crippen LogP contribution is -2.41. The van der Waals surface area contributed by atoms with Crippen LogP contribution in [0.1, 0.15) is 25.7 Å². The molecule has 1 aromatic carbocycles. The van der Waals surface area contributed by atoms with Gasteiger partial charge in [-0.1, -0.05) is 0 Å². The van der Waals surface area contributed by atoms with Gasteiger partial charge in [-0.15, -0.1) is 0 Å². The summed E-state index contributed by atoms with van der Waals surface area (Å²) in [6, 6.07) is 6.08. The first-order valence-corrected chi connectivity index (χ1v) is 7.53. The number of carbonyl (C=O) groups is 1. The van der Waals surface area contributed by atoms with Crippen molar-refractivity contribution in [3.63, 3.8) is 0 Å². The molecule has 0 spiro atoms. The van der Waals surface area contributed by atoms with E-state index in [0.29, 0.717) is 12.2 Å². The fourth-order valence-corrected chi connectivity index (χ4v) is 2.50. The average molecular weight is 294 g/mol. The molecular weight excluding hydrogens is 271 g/mol. The molecule has 1 saturated heterocycles. The van der Waals surface area contributed by atoms with Crippen molar-refractivity contribution in [3.05, 3.63) is 30.1 Å². The number of nitrogens with zero attached hydrogens (tertiary/aromatic N) is 1. The number of hydrogen-bond acceptors (Lipinski definition) is 3. The highest BCUT2D eigenvalue weighted by Gasteiger charge is 2.23. The molecule has 0 radical (unpaired) electrons. The summed E-state index contributed by atoms with van der Waals surface area (Å²) in [5.41, 5.74) is 0. The van der Waals surface area contributed by atoms with Gasteiger partial charge in [0.15, 0.2) is 0 Å². The molecular formula is C16H23FN2O2. The summed E-state index contributed by atoms with van der Waals surface area (Å²) in [5, 5.41) is 3.05. The van der Waals surface area contributed by atoms with Gasteiger partial charge in [0.2, 0.25) is 5.91 Å². The molecule has 5 heteroatoms. The SMILES string of the molecule is CNCCCC(=O)N1CCC(Oc2ccc(F)cc2)CC1. The fraction of sp³-hybridized carbons (Fsp3) is 0.562. The minimum Gasteiger partial charge on any atom is -0.490 e. The fourth-order valence-electron chi connectivity index (χ4n) is 2.50. The predicted octanol–water partition coefficient (Wildman–Crippen LogP) is 2.20. The highest BCUT2D eigenvalue weighted by molar-refractivity contribution is 5.76. The van der Waals surface area contributed by atoms with E-state index in [2.05, 4.69) is 5.32 Å². The van der Waals surface area contributed by atoms with Crippen molar-refractivity contribution in [2.45, 2.75) is 31.8 Å². The van der Waals surface area contributed by atoms with Gasteiger partial charge in [0.05, 0.1) is 0 Å². The van der Waals surface area contributed by atoms with Gasteiger partial charge in [-0.2, -0.15) is 0 Å². The molecule has 1 fully saturated rings. The van der Waals surface area contributed by atoms with Gasteiger partial charge in [0.25, 0.3) is 0 Å². The van der Waals surface area contributed by atoms with Gasteiger partial charge in [-0.3, -0.25) is 4.79 Å². The van der Waals surface area contributed by atoms with Crippen LogP contribution in [0, 0.1) is 5.82 Å². The Hall–Kier alpha value is -1.62. The van der Waals surface area contributed by atoms with Gasteiger partial charge in [0, 0.05) is 32.4 Å². The van der Waals surface area contributed by atoms with Gasteiger partial charge in [0.1, 0.15) is 17.7 Å². The summed E-state index contributed by atoms with van der Waals surface area (Å²) < 4.78 is 18.7. The molecule has 2 rings (SSSR count). The van der Waals surface area contributed by atoms with Crippen molar-refractivity contribution in [2.75, 3.05) is 26.7 Å². The summed E-state index contributed by atoms with van der Waals surface area (Å²) in [5.74, 6) is 0.657. The maximum Gasteiger partial charge on any atom is 0.222 e. The number of carbonyl (C=O) groups excluding carboxylic acids is 1. The quantitative estimate of drug-likeness (QED) is 0.818. The lowest BCUT2D eigenvalue weighted by atomic mass is 10.1. The van der Waals surface area contributed by atoms with E-state index in [1.54, 1.807) is 12.1 Å². The van der Waals surface area contributed by atoms with E-state index in [1.807, 2.05) is 11.9 Å². The third-order valence-electron chi connectivity index (χ3n) is 3.73. The number of halogens is 1. The van der Waals surface area contributed by atoms with Crippen LogP contribution >= 0.6 is 0 Å². The lowest BCUT2D eigenvalue weighted by Gasteiger charge is -2.32. The minimum atomic E-state index is -0.260. The Kier molecular flexibility index (Phi) is 5.99. The zero-order chi connectivity index (χ0) is 15.1. The Morgan fingerprint density at radius 1 is 1.33 bits per heavy atom. The van der Waals surface area contributed by atoms with E-state index >= 15 is 0 Å². The molecule has 1 aliphatic rings. The van der Waals surface area contributed by atoms with Gasteiger partial charge in [-0.25, -0.2) is 4.39 Å². The van der Waals surface area contributed by atoms with Crippen LogP contribution in [0.3, 0.4) is 0 Å². The third kappa shape index (κ3) is 5.01. The maximum atomic E-state index is 12.8. The molecule has 1 N–H and O–H groups in total. The summed E-state index contributed by atoms with van der Waals surface area (Å²) in [6.07, 6.45) is 3.24. The molecule has 21 heavy (non-hydrogen) atoms. The molecule has 1 aromatic rings. The molecule has 116 valence electrons. The lowest BCUT2D eigenvalue weighted by molar-refractivity contribution is -0.133. The second-order valence-corrected chi connectivity index (χ2v) is 5.36. The van der Waals surface area contributed by atoms with Crippen molar-refractivity contribution in [3.8, 4) is 5.75 Å². The zero-order valence-corrected chi connectivity index (χ0v) is 12.5. The van der Waals surface area contributed by atoms with E-state index < -0.39 is 0 Å². The number of nitrogens with one attached hydrogen (secondary N) is 1. The molecule has 1 amide bonds. The largest absolute Gasteiger partial charge is 0.490 e. The Morgan fingerprint density at radius 2 is 2.00 bits per heavy atom. The maximum absolute atomic E-state index is 12.8.